The molecular weight excluding hydrogens is 386 g/mol. The molecule has 0 saturated heterocycles. The number of rotatable bonds is 6. The number of carbonyl (C=O) groups is 1. The maximum Gasteiger partial charge on any atom is 0.417 e. The van der Waals surface area contributed by atoms with Crippen LogP contribution in [0.15, 0.2) is 42.5 Å². The van der Waals surface area contributed by atoms with E-state index in [0.717, 1.165) is 42.0 Å². The van der Waals surface area contributed by atoms with E-state index in [-0.39, 0.29) is 11.4 Å². The summed E-state index contributed by atoms with van der Waals surface area (Å²) < 4.78 is 53.5. The van der Waals surface area contributed by atoms with Gasteiger partial charge in [-0.15, -0.1) is 0 Å². The van der Waals surface area contributed by atoms with Gasteiger partial charge in [0.2, 0.25) is 5.91 Å². The van der Waals surface area contributed by atoms with E-state index in [2.05, 4.69) is 5.32 Å². The van der Waals surface area contributed by atoms with Crippen LogP contribution in [-0.2, 0) is 11.0 Å². The van der Waals surface area contributed by atoms with E-state index >= 15 is 0 Å². The van der Waals surface area contributed by atoms with Gasteiger partial charge in [0.05, 0.1) is 23.2 Å². The molecule has 0 bridgehead atoms. The summed E-state index contributed by atoms with van der Waals surface area (Å²) in [7, 11) is 0. The van der Waals surface area contributed by atoms with Crippen LogP contribution < -0.4 is 10.2 Å². The van der Waals surface area contributed by atoms with Crippen LogP contribution in [-0.4, -0.2) is 18.5 Å². The molecular formula is C21H19F4N3O. The highest BCUT2D eigenvalue weighted by atomic mass is 19.4. The monoisotopic (exact) mass is 405 g/mol. The van der Waals surface area contributed by atoms with Gasteiger partial charge >= 0.3 is 6.18 Å². The lowest BCUT2D eigenvalue weighted by Crippen LogP contribution is -2.43. The summed E-state index contributed by atoms with van der Waals surface area (Å²) in [6.07, 6.45) is -2.59. The Balaban J connectivity index is 2.01. The molecule has 152 valence electrons. The minimum absolute atomic E-state index is 0.0481. The zero-order valence-electron chi connectivity index (χ0n) is 15.6. The maximum absolute atomic E-state index is 13.4. The number of nitrogens with zero attached hydrogens (tertiary/aromatic N) is 2. The lowest BCUT2D eigenvalue weighted by molar-refractivity contribution is -0.137. The molecule has 3 rings (SSSR count). The number of nitriles is 1. The van der Waals surface area contributed by atoms with E-state index in [9.17, 15) is 22.4 Å². The molecule has 0 spiro atoms. The van der Waals surface area contributed by atoms with E-state index in [1.807, 2.05) is 0 Å². The molecule has 0 unspecified atom stereocenters. The van der Waals surface area contributed by atoms with Crippen molar-refractivity contribution in [2.75, 3.05) is 11.4 Å². The molecule has 2 aromatic carbocycles. The lowest BCUT2D eigenvalue weighted by Gasteiger charge is -2.27. The Labute approximate surface area is 165 Å². The molecule has 0 heterocycles. The summed E-state index contributed by atoms with van der Waals surface area (Å²) >= 11 is 0. The third-order valence-corrected chi connectivity index (χ3v) is 4.77. The van der Waals surface area contributed by atoms with Crippen LogP contribution in [0.3, 0.4) is 0 Å². The first kappa shape index (κ1) is 20.8. The highest BCUT2D eigenvalue weighted by Gasteiger charge is 2.35. The first-order valence-corrected chi connectivity index (χ1v) is 9.15. The average Bonchev–Trinajstić information content (AvgIpc) is 3.51. The first-order chi connectivity index (χ1) is 13.7. The number of hydrogen-bond donors (Lipinski definition) is 1. The summed E-state index contributed by atoms with van der Waals surface area (Å²) in [4.78, 5) is 14.2. The zero-order valence-corrected chi connectivity index (χ0v) is 15.6. The molecule has 29 heavy (non-hydrogen) atoms. The molecule has 8 heteroatoms. The molecule has 1 amide bonds. The number of carbonyl (C=O) groups excluding carboxylic acids is 1. The second-order valence-corrected chi connectivity index (χ2v) is 7.06. The molecule has 1 aliphatic rings. The van der Waals surface area contributed by atoms with E-state index in [4.69, 9.17) is 5.26 Å². The molecule has 1 fully saturated rings. The van der Waals surface area contributed by atoms with E-state index in [1.165, 1.54) is 24.3 Å². The van der Waals surface area contributed by atoms with Crippen LogP contribution in [0.1, 0.15) is 30.9 Å². The number of hydrogen-bond acceptors (Lipinski definition) is 3. The number of benzene rings is 2. The van der Waals surface area contributed by atoms with Crippen LogP contribution in [0.25, 0.3) is 0 Å². The minimum atomic E-state index is -4.76. The van der Waals surface area contributed by atoms with E-state index in [1.54, 1.807) is 6.92 Å². The Hall–Kier alpha value is -2.92. The smallest absolute Gasteiger partial charge is 0.306 e. The fourth-order valence-electron chi connectivity index (χ4n) is 2.94. The van der Waals surface area contributed by atoms with Crippen LogP contribution in [0.4, 0.5) is 28.9 Å². The van der Waals surface area contributed by atoms with Gasteiger partial charge < -0.3 is 5.32 Å². The first-order valence-electron chi connectivity index (χ1n) is 9.15. The fourth-order valence-corrected chi connectivity index (χ4v) is 2.94. The van der Waals surface area contributed by atoms with Crippen LogP contribution in [0, 0.1) is 23.1 Å². The molecule has 0 aliphatic heterocycles. The Morgan fingerprint density at radius 1 is 1.21 bits per heavy atom. The molecule has 1 saturated carbocycles. The van der Waals surface area contributed by atoms with Gasteiger partial charge in [-0.3, -0.25) is 9.69 Å². The van der Waals surface area contributed by atoms with Crippen LogP contribution in [0.2, 0.25) is 0 Å². The Morgan fingerprint density at radius 2 is 1.83 bits per heavy atom. The van der Waals surface area contributed by atoms with Gasteiger partial charge in [-0.25, -0.2) is 4.39 Å². The maximum atomic E-state index is 13.4. The fraction of sp³-hybridized carbons (Fsp3) is 0.333. The second-order valence-electron chi connectivity index (χ2n) is 7.06. The van der Waals surface area contributed by atoms with Crippen molar-refractivity contribution in [2.24, 2.45) is 5.92 Å². The number of alkyl halides is 3. The average molecular weight is 405 g/mol. The Morgan fingerprint density at radius 3 is 2.38 bits per heavy atom. The number of nitrogens with one attached hydrogen (secondary N) is 1. The lowest BCUT2D eigenvalue weighted by atomic mass is 10.1. The summed E-state index contributed by atoms with van der Waals surface area (Å²) in [6, 6.07) is 8.86. The molecule has 0 aromatic heterocycles. The zero-order chi connectivity index (χ0) is 21.2. The molecule has 1 N–H and O–H groups in total. The highest BCUT2D eigenvalue weighted by molar-refractivity contribution is 6.03. The normalized spacial score (nSPS) is 14.9. The van der Waals surface area contributed by atoms with Crippen molar-refractivity contribution in [1.82, 2.24) is 5.32 Å². The van der Waals surface area contributed by atoms with Crippen molar-refractivity contribution in [3.63, 3.8) is 0 Å². The van der Waals surface area contributed by atoms with Gasteiger partial charge in [-0.2, -0.15) is 18.4 Å². The van der Waals surface area contributed by atoms with Gasteiger partial charge in [-0.1, -0.05) is 0 Å². The van der Waals surface area contributed by atoms with E-state index in [0.29, 0.717) is 12.5 Å². The summed E-state index contributed by atoms with van der Waals surface area (Å²) in [5.41, 5.74) is -1.48. The second kappa shape index (κ2) is 8.21. The summed E-state index contributed by atoms with van der Waals surface area (Å²) in [6.45, 7) is 2.28. The number of anilines is 2. The molecule has 0 radical (unpaired) electrons. The standard InChI is InChI=1S/C21H19F4N3O/c1-13(27-12-14-2-3-14)20(29)28(17-8-5-16(22)6-9-17)18-7-4-15(11-26)19(10-18)21(23,24)25/h4-10,13-14,27H,2-3,12H2,1H3/t13-/m0/s1. The number of halogens is 4. The topological polar surface area (TPSA) is 56.1 Å². The Bertz CT molecular complexity index is 930. The van der Waals surface area contributed by atoms with Crippen molar-refractivity contribution in [2.45, 2.75) is 32.0 Å². The van der Waals surface area contributed by atoms with Crippen LogP contribution >= 0.6 is 0 Å². The minimum Gasteiger partial charge on any atom is -0.306 e. The SMILES string of the molecule is C[C@H](NCC1CC1)C(=O)N(c1ccc(F)cc1)c1ccc(C#N)c(C(F)(F)F)c1. The van der Waals surface area contributed by atoms with Crippen molar-refractivity contribution in [3.8, 4) is 6.07 Å². The van der Waals surface area contributed by atoms with Crippen molar-refractivity contribution in [1.29, 1.82) is 5.26 Å². The largest absolute Gasteiger partial charge is 0.417 e. The van der Waals surface area contributed by atoms with Gasteiger partial charge in [0, 0.05) is 11.4 Å². The quantitative estimate of drug-likeness (QED) is 0.705. The van der Waals surface area contributed by atoms with Gasteiger partial charge in [0.25, 0.3) is 0 Å². The van der Waals surface area contributed by atoms with Crippen molar-refractivity contribution in [3.05, 3.63) is 59.4 Å². The third kappa shape index (κ3) is 4.93. The van der Waals surface area contributed by atoms with Crippen molar-refractivity contribution < 1.29 is 22.4 Å². The summed E-state index contributed by atoms with van der Waals surface area (Å²) in [5.74, 6) is -0.497. The third-order valence-electron chi connectivity index (χ3n) is 4.77. The van der Waals surface area contributed by atoms with Gasteiger partial charge in [-0.05, 0) is 74.7 Å². The Kier molecular flexibility index (Phi) is 5.89. The predicted molar refractivity (Wildman–Crippen MR) is 99.9 cm³/mol. The van der Waals surface area contributed by atoms with E-state index < -0.39 is 35.1 Å². The summed E-state index contributed by atoms with van der Waals surface area (Å²) in [5, 5.41) is 12.1. The highest BCUT2D eigenvalue weighted by Crippen LogP contribution is 2.36. The predicted octanol–water partition coefficient (Wildman–Crippen LogP) is 4.77. The molecule has 1 atom stereocenters. The number of amides is 1. The van der Waals surface area contributed by atoms with Crippen molar-refractivity contribution >= 4 is 17.3 Å². The van der Waals surface area contributed by atoms with Crippen LogP contribution in [0.5, 0.6) is 0 Å². The molecule has 4 nitrogen and oxygen atoms in total. The van der Waals surface area contributed by atoms with Gasteiger partial charge in [0.1, 0.15) is 5.82 Å². The molecule has 2 aromatic rings. The van der Waals surface area contributed by atoms with Gasteiger partial charge in [0.15, 0.2) is 0 Å². The molecule has 1 aliphatic carbocycles.